The third-order valence-electron chi connectivity index (χ3n) is 3.47. The fourth-order valence-corrected chi connectivity index (χ4v) is 3.19. The minimum atomic E-state index is -3.18. The van der Waals surface area contributed by atoms with Crippen LogP contribution in [0.15, 0.2) is 0 Å². The van der Waals surface area contributed by atoms with Gasteiger partial charge in [0.1, 0.15) is 0 Å². The monoisotopic (exact) mass is 292 g/mol. The molecule has 19 heavy (non-hydrogen) atoms. The largest absolute Gasteiger partial charge is 0.378 e. The van der Waals surface area contributed by atoms with Gasteiger partial charge in [-0.15, -0.1) is 0 Å². The standard InChI is InChI=1S/C13H28N2O3S/c1-12(2)18-10-11-19(16,17)15(3)9-7-13-6-4-5-8-14-13/h12-14H,4-11H2,1-3H3. The highest BCUT2D eigenvalue weighted by atomic mass is 32.2. The number of ether oxygens (including phenoxy) is 1. The van der Waals surface area contributed by atoms with Gasteiger partial charge in [-0.2, -0.15) is 0 Å². The van der Waals surface area contributed by atoms with Gasteiger partial charge in [0.05, 0.1) is 18.5 Å². The van der Waals surface area contributed by atoms with E-state index in [0.717, 1.165) is 19.4 Å². The van der Waals surface area contributed by atoms with Gasteiger partial charge in [0.25, 0.3) is 0 Å². The van der Waals surface area contributed by atoms with Crippen molar-refractivity contribution in [2.45, 2.75) is 51.7 Å². The number of rotatable bonds is 8. The molecule has 0 aliphatic carbocycles. The number of nitrogens with one attached hydrogen (secondary N) is 1. The summed E-state index contributed by atoms with van der Waals surface area (Å²) in [5.74, 6) is 0.0692. The SMILES string of the molecule is CC(C)OCCS(=O)(=O)N(C)CCC1CCCCN1. The lowest BCUT2D eigenvalue weighted by atomic mass is 10.0. The van der Waals surface area contributed by atoms with E-state index in [4.69, 9.17) is 4.74 Å². The van der Waals surface area contributed by atoms with Gasteiger partial charge >= 0.3 is 0 Å². The molecule has 0 aromatic rings. The first-order chi connectivity index (χ1) is 8.92. The maximum Gasteiger partial charge on any atom is 0.216 e. The Labute approximate surface area is 117 Å². The molecule has 0 bridgehead atoms. The van der Waals surface area contributed by atoms with Gasteiger partial charge in [0.15, 0.2) is 0 Å². The molecule has 5 nitrogen and oxygen atoms in total. The molecule has 1 aliphatic heterocycles. The van der Waals surface area contributed by atoms with Crippen LogP contribution >= 0.6 is 0 Å². The molecule has 0 radical (unpaired) electrons. The topological polar surface area (TPSA) is 58.6 Å². The zero-order valence-electron chi connectivity index (χ0n) is 12.4. The number of nitrogens with zero attached hydrogens (tertiary/aromatic N) is 1. The van der Waals surface area contributed by atoms with Gasteiger partial charge in [-0.05, 0) is 39.7 Å². The van der Waals surface area contributed by atoms with E-state index >= 15 is 0 Å². The van der Waals surface area contributed by atoms with E-state index in [1.807, 2.05) is 13.8 Å². The van der Waals surface area contributed by atoms with E-state index in [0.29, 0.717) is 12.6 Å². The van der Waals surface area contributed by atoms with Gasteiger partial charge in [0, 0.05) is 19.6 Å². The molecular weight excluding hydrogens is 264 g/mol. The van der Waals surface area contributed by atoms with Crippen LogP contribution in [-0.4, -0.2) is 57.4 Å². The molecule has 0 saturated carbocycles. The molecule has 1 rings (SSSR count). The van der Waals surface area contributed by atoms with Gasteiger partial charge in [-0.1, -0.05) is 6.42 Å². The first-order valence-electron chi connectivity index (χ1n) is 7.21. The number of sulfonamides is 1. The molecule has 1 heterocycles. The van der Waals surface area contributed by atoms with Crippen LogP contribution < -0.4 is 5.32 Å². The molecule has 1 aliphatic rings. The van der Waals surface area contributed by atoms with E-state index in [2.05, 4.69) is 5.32 Å². The van der Waals surface area contributed by atoms with E-state index in [1.165, 1.54) is 17.1 Å². The summed E-state index contributed by atoms with van der Waals surface area (Å²) in [6.07, 6.45) is 4.60. The number of hydrogen-bond donors (Lipinski definition) is 1. The van der Waals surface area contributed by atoms with Crippen molar-refractivity contribution in [3.05, 3.63) is 0 Å². The second-order valence-corrected chi connectivity index (χ2v) is 7.69. The van der Waals surface area contributed by atoms with Crippen LogP contribution in [0.2, 0.25) is 0 Å². The van der Waals surface area contributed by atoms with Crippen molar-refractivity contribution in [3.8, 4) is 0 Å². The third-order valence-corrected chi connectivity index (χ3v) is 5.29. The lowest BCUT2D eigenvalue weighted by Gasteiger charge is -2.25. The van der Waals surface area contributed by atoms with Crippen LogP contribution in [0, 0.1) is 0 Å². The Kier molecular flexibility index (Phi) is 7.28. The molecular formula is C13H28N2O3S. The average Bonchev–Trinajstić information content (AvgIpc) is 2.36. The molecule has 114 valence electrons. The van der Waals surface area contributed by atoms with Crippen LogP contribution in [0.4, 0.5) is 0 Å². The first-order valence-corrected chi connectivity index (χ1v) is 8.81. The summed E-state index contributed by atoms with van der Waals surface area (Å²) in [5, 5.41) is 3.44. The van der Waals surface area contributed by atoms with Crippen molar-refractivity contribution in [3.63, 3.8) is 0 Å². The normalized spacial score (nSPS) is 21.2. The third kappa shape index (κ3) is 6.70. The highest BCUT2D eigenvalue weighted by Gasteiger charge is 2.20. The van der Waals surface area contributed by atoms with Gasteiger partial charge in [-0.3, -0.25) is 0 Å². The maximum atomic E-state index is 12.0. The molecule has 0 spiro atoms. The summed E-state index contributed by atoms with van der Waals surface area (Å²) < 4.78 is 30.8. The predicted octanol–water partition coefficient (Wildman–Crippen LogP) is 1.21. The van der Waals surface area contributed by atoms with Crippen LogP contribution in [0.3, 0.4) is 0 Å². The van der Waals surface area contributed by atoms with Crippen molar-refractivity contribution in [1.82, 2.24) is 9.62 Å². The van der Waals surface area contributed by atoms with E-state index in [-0.39, 0.29) is 18.5 Å². The Morgan fingerprint density at radius 2 is 2.11 bits per heavy atom. The van der Waals surface area contributed by atoms with Crippen LogP contribution in [0.25, 0.3) is 0 Å². The molecule has 1 N–H and O–H groups in total. The minimum absolute atomic E-state index is 0.0692. The van der Waals surface area contributed by atoms with E-state index in [9.17, 15) is 8.42 Å². The number of hydrogen-bond acceptors (Lipinski definition) is 4. The number of piperidine rings is 1. The van der Waals surface area contributed by atoms with E-state index < -0.39 is 10.0 Å². The Morgan fingerprint density at radius 1 is 1.37 bits per heavy atom. The fraction of sp³-hybridized carbons (Fsp3) is 1.00. The molecule has 1 fully saturated rings. The lowest BCUT2D eigenvalue weighted by Crippen LogP contribution is -2.39. The summed E-state index contributed by atoms with van der Waals surface area (Å²) in [5.41, 5.74) is 0. The van der Waals surface area contributed by atoms with Crippen molar-refractivity contribution < 1.29 is 13.2 Å². The molecule has 1 unspecified atom stereocenters. The summed E-state index contributed by atoms with van der Waals surface area (Å²) in [6, 6.07) is 0.471. The summed E-state index contributed by atoms with van der Waals surface area (Å²) >= 11 is 0. The molecule has 0 amide bonds. The van der Waals surface area contributed by atoms with Crippen LogP contribution in [-0.2, 0) is 14.8 Å². The van der Waals surface area contributed by atoms with Crippen molar-refractivity contribution in [2.75, 3.05) is 32.5 Å². The minimum Gasteiger partial charge on any atom is -0.378 e. The fourth-order valence-electron chi connectivity index (χ4n) is 2.19. The van der Waals surface area contributed by atoms with Crippen LogP contribution in [0.1, 0.15) is 39.5 Å². The first kappa shape index (κ1) is 16.9. The Bertz CT molecular complexity index is 338. The van der Waals surface area contributed by atoms with E-state index in [1.54, 1.807) is 7.05 Å². The molecule has 0 aromatic carbocycles. The Hall–Kier alpha value is -0.170. The summed E-state index contributed by atoms with van der Waals surface area (Å²) in [7, 11) is -1.52. The van der Waals surface area contributed by atoms with Crippen molar-refractivity contribution in [2.24, 2.45) is 0 Å². The quantitative estimate of drug-likeness (QED) is 0.730. The van der Waals surface area contributed by atoms with Gasteiger partial charge in [-0.25, -0.2) is 12.7 Å². The zero-order valence-corrected chi connectivity index (χ0v) is 13.2. The summed E-state index contributed by atoms with van der Waals surface area (Å²) in [6.45, 7) is 5.73. The van der Waals surface area contributed by atoms with Crippen molar-refractivity contribution in [1.29, 1.82) is 0 Å². The van der Waals surface area contributed by atoms with Gasteiger partial charge in [0.2, 0.25) is 10.0 Å². The molecule has 6 heteroatoms. The van der Waals surface area contributed by atoms with Gasteiger partial charge < -0.3 is 10.1 Å². The molecule has 0 aromatic heterocycles. The maximum absolute atomic E-state index is 12.0. The smallest absolute Gasteiger partial charge is 0.216 e. The summed E-state index contributed by atoms with van der Waals surface area (Å²) in [4.78, 5) is 0. The van der Waals surface area contributed by atoms with Crippen molar-refractivity contribution >= 4 is 10.0 Å². The average molecular weight is 292 g/mol. The second kappa shape index (κ2) is 8.19. The highest BCUT2D eigenvalue weighted by Crippen LogP contribution is 2.11. The Morgan fingerprint density at radius 3 is 2.68 bits per heavy atom. The molecule has 1 saturated heterocycles. The Balaban J connectivity index is 2.27. The van der Waals surface area contributed by atoms with Crippen LogP contribution in [0.5, 0.6) is 0 Å². The second-order valence-electron chi connectivity index (χ2n) is 5.49. The molecule has 1 atom stereocenters. The highest BCUT2D eigenvalue weighted by molar-refractivity contribution is 7.89. The lowest BCUT2D eigenvalue weighted by molar-refractivity contribution is 0.0907. The predicted molar refractivity (Wildman–Crippen MR) is 77.8 cm³/mol. The zero-order chi connectivity index (χ0) is 14.3.